The largest absolute Gasteiger partial charge is 0.315 e. The Bertz CT molecular complexity index is 388. The van der Waals surface area contributed by atoms with Crippen LogP contribution in [0.5, 0.6) is 0 Å². The van der Waals surface area contributed by atoms with Crippen molar-refractivity contribution in [3.63, 3.8) is 0 Å². The minimum absolute atomic E-state index is 0.504. The molecule has 96 valence electrons. The van der Waals surface area contributed by atoms with Crippen LogP contribution in [0.25, 0.3) is 0 Å². The third kappa shape index (κ3) is 5.00. The van der Waals surface area contributed by atoms with Crippen molar-refractivity contribution < 1.29 is 4.21 Å². The Morgan fingerprint density at radius 2 is 2.00 bits per heavy atom. The number of hydrogen-bond acceptors (Lipinski definition) is 2. The van der Waals surface area contributed by atoms with Crippen molar-refractivity contribution in [1.82, 2.24) is 5.32 Å². The first-order chi connectivity index (χ1) is 8.00. The lowest BCUT2D eigenvalue weighted by Crippen LogP contribution is -2.24. The second-order valence-electron chi connectivity index (χ2n) is 4.78. The zero-order valence-corrected chi connectivity index (χ0v) is 12.1. The highest BCUT2D eigenvalue weighted by Crippen LogP contribution is 2.15. The van der Waals surface area contributed by atoms with Crippen LogP contribution in [0.2, 0.25) is 0 Å². The van der Waals surface area contributed by atoms with Crippen LogP contribution >= 0.6 is 0 Å². The third-order valence-electron chi connectivity index (χ3n) is 2.65. The molecule has 0 heterocycles. The smallest absolute Gasteiger partial charge is 0.0532 e. The van der Waals surface area contributed by atoms with Gasteiger partial charge in [-0.05, 0) is 44.0 Å². The van der Waals surface area contributed by atoms with E-state index in [1.807, 2.05) is 19.9 Å². The van der Waals surface area contributed by atoms with Crippen molar-refractivity contribution >= 4 is 10.8 Å². The zero-order chi connectivity index (χ0) is 12.8. The molecular weight excluding hydrogens is 230 g/mol. The highest BCUT2D eigenvalue weighted by atomic mass is 32.2. The van der Waals surface area contributed by atoms with E-state index in [0.717, 1.165) is 29.2 Å². The number of benzene rings is 1. The van der Waals surface area contributed by atoms with Gasteiger partial charge in [0.05, 0.1) is 10.8 Å². The second kappa shape index (κ2) is 6.92. The first-order valence-corrected chi connectivity index (χ1v) is 7.51. The van der Waals surface area contributed by atoms with Crippen molar-refractivity contribution in [2.24, 2.45) is 0 Å². The summed E-state index contributed by atoms with van der Waals surface area (Å²) in [7, 11) is -0.860. The molecule has 0 bridgehead atoms. The highest BCUT2D eigenvalue weighted by molar-refractivity contribution is 7.85. The molecule has 2 nitrogen and oxygen atoms in total. The number of rotatable bonds is 6. The molecule has 0 radical (unpaired) electrons. The van der Waals surface area contributed by atoms with E-state index < -0.39 is 10.8 Å². The molecule has 0 saturated heterocycles. The van der Waals surface area contributed by atoms with Gasteiger partial charge in [0.1, 0.15) is 0 Å². The van der Waals surface area contributed by atoms with Gasteiger partial charge in [0.2, 0.25) is 0 Å². The summed E-state index contributed by atoms with van der Waals surface area (Å²) < 4.78 is 12.1. The predicted molar refractivity (Wildman–Crippen MR) is 74.9 cm³/mol. The molecule has 0 amide bonds. The maximum Gasteiger partial charge on any atom is 0.0532 e. The average molecular weight is 253 g/mol. The van der Waals surface area contributed by atoms with Gasteiger partial charge >= 0.3 is 0 Å². The summed E-state index contributed by atoms with van der Waals surface area (Å²) >= 11 is 0. The molecule has 3 heteroatoms. The van der Waals surface area contributed by atoms with Gasteiger partial charge < -0.3 is 5.32 Å². The SMILES string of the molecule is Cc1ccc(C)c(S(=O)CCCNC(C)C)c1. The Balaban J connectivity index is 2.49. The lowest BCUT2D eigenvalue weighted by molar-refractivity contribution is 0.583. The van der Waals surface area contributed by atoms with Crippen LogP contribution in [0, 0.1) is 13.8 Å². The Kier molecular flexibility index (Phi) is 5.86. The van der Waals surface area contributed by atoms with E-state index >= 15 is 0 Å². The zero-order valence-electron chi connectivity index (χ0n) is 11.2. The van der Waals surface area contributed by atoms with E-state index in [-0.39, 0.29) is 0 Å². The fourth-order valence-corrected chi connectivity index (χ4v) is 3.03. The quantitative estimate of drug-likeness (QED) is 0.790. The van der Waals surface area contributed by atoms with Crippen LogP contribution in [0.4, 0.5) is 0 Å². The van der Waals surface area contributed by atoms with Gasteiger partial charge in [0.25, 0.3) is 0 Å². The number of nitrogens with one attached hydrogen (secondary N) is 1. The van der Waals surface area contributed by atoms with Gasteiger partial charge in [-0.3, -0.25) is 4.21 Å². The summed E-state index contributed by atoms with van der Waals surface area (Å²) in [5, 5.41) is 3.34. The molecule has 1 aromatic rings. The van der Waals surface area contributed by atoms with E-state index in [0.29, 0.717) is 6.04 Å². The Morgan fingerprint density at radius 3 is 2.65 bits per heavy atom. The van der Waals surface area contributed by atoms with Crippen LogP contribution in [-0.2, 0) is 10.8 Å². The van der Waals surface area contributed by atoms with Crippen LogP contribution < -0.4 is 5.32 Å². The molecule has 0 aromatic heterocycles. The minimum atomic E-state index is -0.860. The maximum atomic E-state index is 12.1. The summed E-state index contributed by atoms with van der Waals surface area (Å²) in [4.78, 5) is 0.995. The summed E-state index contributed by atoms with van der Waals surface area (Å²) in [6, 6.07) is 6.66. The molecule has 1 atom stereocenters. The van der Waals surface area contributed by atoms with Crippen molar-refractivity contribution in [3.05, 3.63) is 29.3 Å². The molecule has 1 N–H and O–H groups in total. The van der Waals surface area contributed by atoms with Gasteiger partial charge in [-0.1, -0.05) is 26.0 Å². The Labute approximate surface area is 107 Å². The molecule has 1 rings (SSSR count). The van der Waals surface area contributed by atoms with Gasteiger partial charge in [0.15, 0.2) is 0 Å². The third-order valence-corrected chi connectivity index (χ3v) is 4.24. The van der Waals surface area contributed by atoms with Crippen molar-refractivity contribution in [2.75, 3.05) is 12.3 Å². The molecule has 0 saturated carbocycles. The number of hydrogen-bond donors (Lipinski definition) is 1. The first kappa shape index (κ1) is 14.4. The van der Waals surface area contributed by atoms with Gasteiger partial charge in [0, 0.05) is 16.7 Å². The van der Waals surface area contributed by atoms with E-state index in [1.54, 1.807) is 0 Å². The van der Waals surface area contributed by atoms with Crippen molar-refractivity contribution in [2.45, 2.75) is 45.1 Å². The molecule has 17 heavy (non-hydrogen) atoms. The van der Waals surface area contributed by atoms with Crippen LogP contribution in [0.3, 0.4) is 0 Å². The fourth-order valence-electron chi connectivity index (χ4n) is 1.66. The van der Waals surface area contributed by atoms with E-state index in [9.17, 15) is 4.21 Å². The van der Waals surface area contributed by atoms with Gasteiger partial charge in [-0.2, -0.15) is 0 Å². The molecule has 0 fully saturated rings. The van der Waals surface area contributed by atoms with Crippen molar-refractivity contribution in [1.29, 1.82) is 0 Å². The van der Waals surface area contributed by atoms with E-state index in [4.69, 9.17) is 0 Å². The molecule has 1 unspecified atom stereocenters. The fraction of sp³-hybridized carbons (Fsp3) is 0.571. The summed E-state index contributed by atoms with van der Waals surface area (Å²) in [6.45, 7) is 9.26. The standard InChI is InChI=1S/C14H23NOS/c1-11(2)15-8-5-9-17(16)14-10-12(3)6-7-13(14)4/h6-7,10-11,15H,5,8-9H2,1-4H3. The molecule has 1 aromatic carbocycles. The molecule has 0 spiro atoms. The molecular formula is C14H23NOS. The Morgan fingerprint density at radius 1 is 1.29 bits per heavy atom. The summed E-state index contributed by atoms with van der Waals surface area (Å²) in [6.07, 6.45) is 0.957. The van der Waals surface area contributed by atoms with Crippen LogP contribution in [0.1, 0.15) is 31.4 Å². The maximum absolute atomic E-state index is 12.1. The molecule has 0 aliphatic heterocycles. The summed E-state index contributed by atoms with van der Waals surface area (Å²) in [5.41, 5.74) is 2.31. The number of aryl methyl sites for hydroxylation is 2. The molecule has 0 aliphatic rings. The van der Waals surface area contributed by atoms with Crippen molar-refractivity contribution in [3.8, 4) is 0 Å². The lowest BCUT2D eigenvalue weighted by atomic mass is 10.2. The topological polar surface area (TPSA) is 29.1 Å². The normalized spacial score (nSPS) is 13.0. The van der Waals surface area contributed by atoms with Crippen LogP contribution in [0.15, 0.2) is 23.1 Å². The first-order valence-electron chi connectivity index (χ1n) is 6.19. The summed E-state index contributed by atoms with van der Waals surface area (Å²) in [5.74, 6) is 0.740. The second-order valence-corrected chi connectivity index (χ2v) is 6.32. The van der Waals surface area contributed by atoms with Gasteiger partial charge in [-0.25, -0.2) is 0 Å². The lowest BCUT2D eigenvalue weighted by Gasteiger charge is -2.09. The highest BCUT2D eigenvalue weighted by Gasteiger charge is 2.07. The van der Waals surface area contributed by atoms with E-state index in [1.165, 1.54) is 5.56 Å². The predicted octanol–water partition coefficient (Wildman–Crippen LogP) is 2.80. The Hall–Kier alpha value is -0.670. The molecule has 0 aliphatic carbocycles. The monoisotopic (exact) mass is 253 g/mol. The average Bonchev–Trinajstić information content (AvgIpc) is 2.27. The van der Waals surface area contributed by atoms with Gasteiger partial charge in [-0.15, -0.1) is 0 Å². The minimum Gasteiger partial charge on any atom is -0.315 e. The van der Waals surface area contributed by atoms with Crippen LogP contribution in [-0.4, -0.2) is 22.5 Å². The van der Waals surface area contributed by atoms with E-state index in [2.05, 4.69) is 31.3 Å².